The Morgan fingerprint density at radius 3 is 3.16 bits per heavy atom. The summed E-state index contributed by atoms with van der Waals surface area (Å²) in [5.74, 6) is 5.49. The van der Waals surface area contributed by atoms with Crippen molar-refractivity contribution in [3.8, 4) is 11.8 Å². The van der Waals surface area contributed by atoms with Crippen LogP contribution in [0.5, 0.6) is 0 Å². The van der Waals surface area contributed by atoms with E-state index in [1.807, 2.05) is 0 Å². The summed E-state index contributed by atoms with van der Waals surface area (Å²) in [6.45, 7) is 0.964. The van der Waals surface area contributed by atoms with Crippen molar-refractivity contribution in [2.45, 2.75) is 18.9 Å². The first kappa shape index (κ1) is 13.5. The van der Waals surface area contributed by atoms with E-state index in [2.05, 4.69) is 16.8 Å². The van der Waals surface area contributed by atoms with Gasteiger partial charge in [-0.05, 0) is 18.9 Å². The van der Waals surface area contributed by atoms with E-state index in [0.29, 0.717) is 17.7 Å². The van der Waals surface area contributed by atoms with Crippen molar-refractivity contribution in [1.82, 2.24) is 9.88 Å². The molecule has 0 aromatic carbocycles. The van der Waals surface area contributed by atoms with Crippen LogP contribution in [0.2, 0.25) is 0 Å². The highest BCUT2D eigenvalue weighted by atomic mass is 16.3. The van der Waals surface area contributed by atoms with E-state index < -0.39 is 0 Å². The second-order valence-electron chi connectivity index (χ2n) is 4.45. The Balaban J connectivity index is 2.19. The van der Waals surface area contributed by atoms with Gasteiger partial charge in [-0.15, -0.1) is 0 Å². The van der Waals surface area contributed by atoms with Gasteiger partial charge in [0.1, 0.15) is 0 Å². The molecule has 5 nitrogen and oxygen atoms in total. The number of rotatable bonds is 2. The van der Waals surface area contributed by atoms with Gasteiger partial charge in [0.05, 0.1) is 24.8 Å². The SMILES string of the molecule is NCC#Cc1cncc(C(=O)N2CCCC2CO)c1. The van der Waals surface area contributed by atoms with Crippen LogP contribution < -0.4 is 5.73 Å². The van der Waals surface area contributed by atoms with Crippen LogP contribution in [0, 0.1) is 11.8 Å². The molecule has 1 aromatic rings. The van der Waals surface area contributed by atoms with E-state index in [9.17, 15) is 9.90 Å². The normalized spacial score (nSPS) is 18.0. The highest BCUT2D eigenvalue weighted by Gasteiger charge is 2.28. The summed E-state index contributed by atoms with van der Waals surface area (Å²) < 4.78 is 0. The fourth-order valence-electron chi connectivity index (χ4n) is 2.24. The van der Waals surface area contributed by atoms with E-state index in [1.165, 1.54) is 6.20 Å². The molecule has 1 unspecified atom stereocenters. The lowest BCUT2D eigenvalue weighted by Gasteiger charge is -2.22. The number of pyridine rings is 1. The number of amides is 1. The Labute approximate surface area is 112 Å². The maximum Gasteiger partial charge on any atom is 0.255 e. The predicted octanol–water partition coefficient (Wildman–Crippen LogP) is -0.0113. The number of aliphatic hydroxyl groups is 1. The van der Waals surface area contributed by atoms with Crippen molar-refractivity contribution in [3.63, 3.8) is 0 Å². The van der Waals surface area contributed by atoms with Crippen LogP contribution >= 0.6 is 0 Å². The number of carbonyl (C=O) groups is 1. The molecule has 2 rings (SSSR count). The average Bonchev–Trinajstić information content (AvgIpc) is 2.93. The van der Waals surface area contributed by atoms with Gasteiger partial charge in [-0.2, -0.15) is 0 Å². The number of aromatic nitrogens is 1. The molecule has 0 bridgehead atoms. The molecule has 100 valence electrons. The molecule has 1 amide bonds. The molecule has 1 saturated heterocycles. The van der Waals surface area contributed by atoms with Gasteiger partial charge in [0.25, 0.3) is 5.91 Å². The average molecular weight is 259 g/mol. The summed E-state index contributed by atoms with van der Waals surface area (Å²) in [6.07, 6.45) is 4.91. The van der Waals surface area contributed by atoms with Gasteiger partial charge < -0.3 is 15.7 Å². The van der Waals surface area contributed by atoms with Gasteiger partial charge in [-0.25, -0.2) is 0 Å². The number of hydrogen-bond donors (Lipinski definition) is 2. The van der Waals surface area contributed by atoms with Crippen molar-refractivity contribution in [2.75, 3.05) is 19.7 Å². The molecule has 0 spiro atoms. The lowest BCUT2D eigenvalue weighted by molar-refractivity contribution is 0.0677. The molecule has 2 heterocycles. The number of hydrogen-bond acceptors (Lipinski definition) is 4. The zero-order valence-electron chi connectivity index (χ0n) is 10.7. The molecule has 0 radical (unpaired) electrons. The summed E-state index contributed by atoms with van der Waals surface area (Å²) in [7, 11) is 0. The fourth-order valence-corrected chi connectivity index (χ4v) is 2.24. The first-order valence-electron chi connectivity index (χ1n) is 6.32. The monoisotopic (exact) mass is 259 g/mol. The summed E-state index contributed by atoms with van der Waals surface area (Å²) in [5.41, 5.74) is 6.49. The van der Waals surface area contributed by atoms with Crippen LogP contribution in [0.3, 0.4) is 0 Å². The van der Waals surface area contributed by atoms with E-state index in [1.54, 1.807) is 17.2 Å². The van der Waals surface area contributed by atoms with E-state index in [0.717, 1.165) is 12.8 Å². The Kier molecular flexibility index (Phi) is 4.50. The number of carbonyl (C=O) groups excluding carboxylic acids is 1. The maximum atomic E-state index is 12.3. The topological polar surface area (TPSA) is 79.5 Å². The fraction of sp³-hybridized carbons (Fsp3) is 0.429. The first-order chi connectivity index (χ1) is 9.26. The zero-order chi connectivity index (χ0) is 13.7. The highest BCUT2D eigenvalue weighted by molar-refractivity contribution is 5.94. The van der Waals surface area contributed by atoms with Gasteiger partial charge in [-0.1, -0.05) is 11.8 Å². The van der Waals surface area contributed by atoms with Crippen LogP contribution in [0.15, 0.2) is 18.5 Å². The minimum absolute atomic E-state index is 0.00579. The second-order valence-corrected chi connectivity index (χ2v) is 4.45. The molecule has 1 fully saturated rings. The Morgan fingerprint density at radius 1 is 1.58 bits per heavy atom. The summed E-state index contributed by atoms with van der Waals surface area (Å²) >= 11 is 0. The Bertz CT molecular complexity index is 519. The lowest BCUT2D eigenvalue weighted by atomic mass is 10.1. The third kappa shape index (κ3) is 3.11. The van der Waals surface area contributed by atoms with Gasteiger partial charge >= 0.3 is 0 Å². The largest absolute Gasteiger partial charge is 0.394 e. The molecule has 1 aliphatic rings. The molecule has 19 heavy (non-hydrogen) atoms. The van der Waals surface area contributed by atoms with Crippen LogP contribution in [-0.4, -0.2) is 46.6 Å². The third-order valence-electron chi connectivity index (χ3n) is 3.17. The number of likely N-dealkylation sites (tertiary alicyclic amines) is 1. The predicted molar refractivity (Wildman–Crippen MR) is 71.3 cm³/mol. The molecule has 1 aromatic heterocycles. The van der Waals surface area contributed by atoms with Crippen molar-refractivity contribution in [3.05, 3.63) is 29.6 Å². The van der Waals surface area contributed by atoms with Gasteiger partial charge in [-0.3, -0.25) is 9.78 Å². The highest BCUT2D eigenvalue weighted by Crippen LogP contribution is 2.19. The number of nitrogens with two attached hydrogens (primary N) is 1. The second kappa shape index (κ2) is 6.32. The van der Waals surface area contributed by atoms with E-state index in [4.69, 9.17) is 5.73 Å². The molecule has 3 N–H and O–H groups in total. The van der Waals surface area contributed by atoms with Crippen molar-refractivity contribution in [1.29, 1.82) is 0 Å². The lowest BCUT2D eigenvalue weighted by Crippen LogP contribution is -2.37. The third-order valence-corrected chi connectivity index (χ3v) is 3.17. The number of aliphatic hydroxyl groups excluding tert-OH is 1. The van der Waals surface area contributed by atoms with Crippen LogP contribution in [0.4, 0.5) is 0 Å². The number of nitrogens with zero attached hydrogens (tertiary/aromatic N) is 2. The van der Waals surface area contributed by atoms with Gasteiger partial charge in [0.2, 0.25) is 0 Å². The zero-order valence-corrected chi connectivity index (χ0v) is 10.7. The minimum atomic E-state index is -0.0968. The molecular weight excluding hydrogens is 242 g/mol. The summed E-state index contributed by atoms with van der Waals surface area (Å²) in [6, 6.07) is 1.64. The molecule has 1 aliphatic heterocycles. The van der Waals surface area contributed by atoms with Crippen LogP contribution in [0.25, 0.3) is 0 Å². The van der Waals surface area contributed by atoms with E-state index in [-0.39, 0.29) is 25.1 Å². The maximum absolute atomic E-state index is 12.3. The molecule has 5 heteroatoms. The Hall–Kier alpha value is -1.90. The Morgan fingerprint density at radius 2 is 2.42 bits per heavy atom. The summed E-state index contributed by atoms with van der Waals surface area (Å²) in [5, 5.41) is 9.26. The summed E-state index contributed by atoms with van der Waals surface area (Å²) in [4.78, 5) is 18.1. The van der Waals surface area contributed by atoms with E-state index >= 15 is 0 Å². The standard InChI is InChI=1S/C14H17N3O2/c15-5-1-3-11-7-12(9-16-8-11)14(19)17-6-2-4-13(17)10-18/h7-9,13,18H,2,4-6,10,15H2. The molecular formula is C14H17N3O2. The van der Waals surface area contributed by atoms with Gasteiger partial charge in [0.15, 0.2) is 0 Å². The quantitative estimate of drug-likeness (QED) is 0.732. The molecule has 1 atom stereocenters. The van der Waals surface area contributed by atoms with Crippen molar-refractivity contribution >= 4 is 5.91 Å². The molecule has 0 aliphatic carbocycles. The van der Waals surface area contributed by atoms with Crippen molar-refractivity contribution in [2.24, 2.45) is 5.73 Å². The van der Waals surface area contributed by atoms with Crippen LogP contribution in [-0.2, 0) is 0 Å². The molecule has 0 saturated carbocycles. The smallest absolute Gasteiger partial charge is 0.255 e. The van der Waals surface area contributed by atoms with Gasteiger partial charge in [0, 0.05) is 24.5 Å². The minimum Gasteiger partial charge on any atom is -0.394 e. The van der Waals surface area contributed by atoms with Crippen molar-refractivity contribution < 1.29 is 9.90 Å². The van der Waals surface area contributed by atoms with Crippen LogP contribution in [0.1, 0.15) is 28.8 Å². The first-order valence-corrected chi connectivity index (χ1v) is 6.32.